The van der Waals surface area contributed by atoms with Crippen molar-refractivity contribution < 1.29 is 22.7 Å². The number of rotatable bonds is 9. The molecule has 33 heavy (non-hydrogen) atoms. The molecule has 0 unspecified atom stereocenters. The van der Waals surface area contributed by atoms with Gasteiger partial charge in [0, 0.05) is 24.9 Å². The van der Waals surface area contributed by atoms with Gasteiger partial charge in [-0.2, -0.15) is 16.1 Å². The van der Waals surface area contributed by atoms with Crippen LogP contribution in [-0.2, 0) is 19.6 Å². The Balaban J connectivity index is 1.34. The van der Waals surface area contributed by atoms with E-state index in [1.165, 1.54) is 53.4 Å². The standard InChI is InChI=1S/C23H33N3O5S2/c27-22(24-11-6-14-32-18-7-2-1-3-8-18)16-26-20-15-19(9-10-21(20)31-17-23(26)28)33(29,30)25-12-4-5-13-25/h9-10,15,18H,1-8,11-14,16-17H2,(H,24,27). The Morgan fingerprint density at radius 3 is 2.64 bits per heavy atom. The summed E-state index contributed by atoms with van der Waals surface area (Å²) in [5.41, 5.74) is 0.328. The van der Waals surface area contributed by atoms with Crippen LogP contribution in [0.5, 0.6) is 5.75 Å². The van der Waals surface area contributed by atoms with Gasteiger partial charge >= 0.3 is 0 Å². The van der Waals surface area contributed by atoms with Crippen molar-refractivity contribution in [1.29, 1.82) is 0 Å². The van der Waals surface area contributed by atoms with E-state index in [9.17, 15) is 18.0 Å². The fraction of sp³-hybridized carbons (Fsp3) is 0.652. The van der Waals surface area contributed by atoms with Crippen LogP contribution >= 0.6 is 11.8 Å². The minimum Gasteiger partial charge on any atom is -0.482 e. The predicted molar refractivity (Wildman–Crippen MR) is 129 cm³/mol. The summed E-state index contributed by atoms with van der Waals surface area (Å²) in [6.07, 6.45) is 9.17. The molecule has 182 valence electrons. The number of ether oxygens (including phenoxy) is 1. The van der Waals surface area contributed by atoms with Crippen molar-refractivity contribution in [1.82, 2.24) is 9.62 Å². The number of thioether (sulfide) groups is 1. The maximum atomic E-state index is 12.9. The molecule has 1 aromatic carbocycles. The van der Waals surface area contributed by atoms with Gasteiger partial charge in [0.25, 0.3) is 5.91 Å². The van der Waals surface area contributed by atoms with Gasteiger partial charge in [0.2, 0.25) is 15.9 Å². The summed E-state index contributed by atoms with van der Waals surface area (Å²) < 4.78 is 32.8. The number of sulfonamides is 1. The van der Waals surface area contributed by atoms with Gasteiger partial charge in [-0.15, -0.1) is 0 Å². The number of hydrogen-bond acceptors (Lipinski definition) is 6. The number of carbonyl (C=O) groups is 2. The number of nitrogens with zero attached hydrogens (tertiary/aromatic N) is 2. The molecule has 2 amide bonds. The van der Waals surface area contributed by atoms with Crippen LogP contribution in [0.3, 0.4) is 0 Å². The van der Waals surface area contributed by atoms with Crippen LogP contribution in [-0.4, -0.2) is 68.3 Å². The number of anilines is 1. The van der Waals surface area contributed by atoms with Gasteiger partial charge in [-0.05, 0) is 56.1 Å². The molecular weight excluding hydrogens is 462 g/mol. The molecule has 2 fully saturated rings. The van der Waals surface area contributed by atoms with Crippen molar-refractivity contribution in [2.24, 2.45) is 0 Å². The summed E-state index contributed by atoms with van der Waals surface area (Å²) in [5, 5.41) is 3.65. The SMILES string of the molecule is O=C(CN1C(=O)COc2ccc(S(=O)(=O)N3CCCC3)cc21)NCCCSC1CCCCC1. The monoisotopic (exact) mass is 495 g/mol. The van der Waals surface area contributed by atoms with Crippen LogP contribution < -0.4 is 15.0 Å². The molecule has 0 bridgehead atoms. The lowest BCUT2D eigenvalue weighted by atomic mass is 10.0. The van der Waals surface area contributed by atoms with Crippen LogP contribution in [0.1, 0.15) is 51.4 Å². The van der Waals surface area contributed by atoms with Gasteiger partial charge in [-0.1, -0.05) is 19.3 Å². The fourth-order valence-corrected chi connectivity index (χ4v) is 7.42. The molecule has 0 spiro atoms. The molecule has 1 aromatic rings. The van der Waals surface area contributed by atoms with Crippen LogP contribution in [0.25, 0.3) is 0 Å². The summed E-state index contributed by atoms with van der Waals surface area (Å²) in [6.45, 7) is 1.24. The third-order valence-corrected chi connectivity index (χ3v) is 9.79. The zero-order valence-corrected chi connectivity index (χ0v) is 20.6. The molecular formula is C23H33N3O5S2. The third-order valence-electron chi connectivity index (χ3n) is 6.43. The first-order chi connectivity index (χ1) is 15.9. The molecule has 0 atom stereocenters. The fourth-order valence-electron chi connectivity index (χ4n) is 4.57. The quantitative estimate of drug-likeness (QED) is 0.529. The van der Waals surface area contributed by atoms with Gasteiger partial charge in [-0.3, -0.25) is 14.5 Å². The highest BCUT2D eigenvalue weighted by Gasteiger charge is 2.32. The maximum absolute atomic E-state index is 12.9. The van der Waals surface area contributed by atoms with Crippen LogP contribution in [0.4, 0.5) is 5.69 Å². The molecule has 10 heteroatoms. The van der Waals surface area contributed by atoms with Crippen LogP contribution in [0, 0.1) is 0 Å². The Kier molecular flexibility index (Phi) is 8.19. The second-order valence-electron chi connectivity index (χ2n) is 8.84. The average Bonchev–Trinajstić information content (AvgIpc) is 3.37. The van der Waals surface area contributed by atoms with E-state index >= 15 is 0 Å². The summed E-state index contributed by atoms with van der Waals surface area (Å²) in [5.74, 6) is 0.807. The predicted octanol–water partition coefficient (Wildman–Crippen LogP) is 2.77. The van der Waals surface area contributed by atoms with Gasteiger partial charge < -0.3 is 10.1 Å². The number of amides is 2. The Bertz CT molecular complexity index is 957. The molecule has 3 aliphatic rings. The van der Waals surface area contributed by atoms with E-state index in [0.717, 1.165) is 30.3 Å². The van der Waals surface area contributed by atoms with Gasteiger partial charge in [0.15, 0.2) is 6.61 Å². The smallest absolute Gasteiger partial charge is 0.265 e. The van der Waals surface area contributed by atoms with E-state index in [4.69, 9.17) is 4.74 Å². The number of benzene rings is 1. The van der Waals surface area contributed by atoms with E-state index in [1.807, 2.05) is 11.8 Å². The molecule has 2 aliphatic heterocycles. The minimum absolute atomic E-state index is 0.117. The Labute approximate surface area is 200 Å². The second-order valence-corrected chi connectivity index (χ2v) is 12.2. The molecule has 0 radical (unpaired) electrons. The largest absolute Gasteiger partial charge is 0.482 e. The Morgan fingerprint density at radius 2 is 1.88 bits per heavy atom. The van der Waals surface area contributed by atoms with Gasteiger partial charge in [0.05, 0.1) is 10.6 Å². The molecule has 8 nitrogen and oxygen atoms in total. The Morgan fingerprint density at radius 1 is 1.12 bits per heavy atom. The lowest BCUT2D eigenvalue weighted by Crippen LogP contribution is -2.45. The van der Waals surface area contributed by atoms with Crippen molar-refractivity contribution in [2.75, 3.05) is 43.4 Å². The average molecular weight is 496 g/mol. The summed E-state index contributed by atoms with van der Waals surface area (Å²) >= 11 is 2.00. The van der Waals surface area contributed by atoms with E-state index in [1.54, 1.807) is 6.07 Å². The van der Waals surface area contributed by atoms with E-state index in [-0.39, 0.29) is 29.9 Å². The number of hydrogen-bond donors (Lipinski definition) is 1. The highest BCUT2D eigenvalue weighted by Crippen LogP contribution is 2.35. The third kappa shape index (κ3) is 6.02. The van der Waals surface area contributed by atoms with E-state index in [2.05, 4.69) is 5.32 Å². The second kappa shape index (κ2) is 11.1. The molecule has 1 N–H and O–H groups in total. The lowest BCUT2D eigenvalue weighted by molar-refractivity contribution is -0.125. The topological polar surface area (TPSA) is 96.0 Å². The van der Waals surface area contributed by atoms with Gasteiger partial charge in [0.1, 0.15) is 12.3 Å². The van der Waals surface area contributed by atoms with E-state index < -0.39 is 10.0 Å². The van der Waals surface area contributed by atoms with Crippen molar-refractivity contribution in [2.45, 2.75) is 61.5 Å². The normalized spacial score (nSPS) is 19.9. The van der Waals surface area contributed by atoms with Crippen molar-refractivity contribution in [3.05, 3.63) is 18.2 Å². The number of nitrogens with one attached hydrogen (secondary N) is 1. The van der Waals surface area contributed by atoms with Crippen molar-refractivity contribution in [3.63, 3.8) is 0 Å². The van der Waals surface area contributed by atoms with Crippen molar-refractivity contribution in [3.8, 4) is 5.75 Å². The minimum atomic E-state index is -3.63. The summed E-state index contributed by atoms with van der Waals surface area (Å²) in [6, 6.07) is 4.52. The molecule has 1 aliphatic carbocycles. The highest BCUT2D eigenvalue weighted by atomic mass is 32.2. The molecule has 1 saturated heterocycles. The number of fused-ring (bicyclic) bond motifs is 1. The summed E-state index contributed by atoms with van der Waals surface area (Å²) in [4.78, 5) is 26.5. The van der Waals surface area contributed by atoms with Crippen molar-refractivity contribution >= 4 is 39.3 Å². The first-order valence-electron chi connectivity index (χ1n) is 11.9. The zero-order valence-electron chi connectivity index (χ0n) is 19.0. The Hall–Kier alpha value is -1.78. The molecule has 1 saturated carbocycles. The molecule has 4 rings (SSSR count). The van der Waals surface area contributed by atoms with E-state index in [0.29, 0.717) is 31.1 Å². The first kappa shape index (κ1) is 24.3. The molecule has 2 heterocycles. The van der Waals surface area contributed by atoms with Crippen LogP contribution in [0.15, 0.2) is 23.1 Å². The molecule has 0 aromatic heterocycles. The number of carbonyl (C=O) groups excluding carboxylic acids is 2. The van der Waals surface area contributed by atoms with Crippen LogP contribution in [0.2, 0.25) is 0 Å². The zero-order chi connectivity index (χ0) is 23.3. The highest BCUT2D eigenvalue weighted by molar-refractivity contribution is 7.99. The van der Waals surface area contributed by atoms with Gasteiger partial charge in [-0.25, -0.2) is 8.42 Å². The summed E-state index contributed by atoms with van der Waals surface area (Å²) in [7, 11) is -3.63. The maximum Gasteiger partial charge on any atom is 0.265 e. The first-order valence-corrected chi connectivity index (χ1v) is 14.4. The lowest BCUT2D eigenvalue weighted by Gasteiger charge is -2.29.